The summed E-state index contributed by atoms with van der Waals surface area (Å²) in [4.78, 5) is 3.56. The van der Waals surface area contributed by atoms with Gasteiger partial charge in [0, 0.05) is 6.42 Å². The highest BCUT2D eigenvalue weighted by molar-refractivity contribution is 8.01. The quantitative estimate of drug-likeness (QED) is 0.344. The van der Waals surface area contributed by atoms with Gasteiger partial charge < -0.3 is 5.11 Å². The Labute approximate surface area is 150 Å². The third-order valence-corrected chi connectivity index (χ3v) is 6.08. The normalized spacial score (nSPS) is 13.5. The number of fused-ring (bicyclic) bond motifs is 1. The van der Waals surface area contributed by atoms with Gasteiger partial charge in [-0.1, -0.05) is 60.3 Å². The molecule has 0 bridgehead atoms. The molecule has 1 aromatic heterocycles. The van der Waals surface area contributed by atoms with Gasteiger partial charge in [0.1, 0.15) is 4.93 Å². The summed E-state index contributed by atoms with van der Waals surface area (Å²) in [6, 6.07) is 16.0. The molecule has 0 saturated carbocycles. The molecule has 0 radical (unpaired) electrons. The van der Waals surface area contributed by atoms with Crippen molar-refractivity contribution in [3.63, 3.8) is 0 Å². The van der Waals surface area contributed by atoms with E-state index in [1.54, 1.807) is 17.4 Å². The predicted molar refractivity (Wildman–Crippen MR) is 105 cm³/mol. The molecular formula is C20H19NOS2. The molecule has 1 unspecified atom stereocenters. The first-order valence-electron chi connectivity index (χ1n) is 7.73. The zero-order chi connectivity index (χ0) is 17.0. The molecule has 2 aromatic carbocycles. The molecule has 0 aliphatic carbocycles. The van der Waals surface area contributed by atoms with E-state index in [2.05, 4.69) is 24.2 Å². The number of hydrogen-bond acceptors (Lipinski definition) is 4. The van der Waals surface area contributed by atoms with Crippen LogP contribution in [-0.4, -0.2) is 10.1 Å². The molecule has 2 nitrogen and oxygen atoms in total. The minimum absolute atomic E-state index is 0.446. The van der Waals surface area contributed by atoms with Crippen LogP contribution in [0.15, 0.2) is 78.2 Å². The molecule has 0 fully saturated rings. The number of thioether (sulfide) groups is 1. The van der Waals surface area contributed by atoms with Crippen LogP contribution in [0.5, 0.6) is 0 Å². The summed E-state index contributed by atoms with van der Waals surface area (Å²) in [7, 11) is 0. The largest absolute Gasteiger partial charge is 0.374 e. The SMILES string of the molecule is C=CCc1ccccc1C(O)(CC=C)Sc1nc2ccccc2s1. The number of allylic oxidation sites excluding steroid dienone is 1. The monoisotopic (exact) mass is 353 g/mol. The Bertz CT molecular complexity index is 838. The predicted octanol–water partition coefficient (Wildman–Crippen LogP) is 5.54. The van der Waals surface area contributed by atoms with Crippen LogP contribution in [0, 0.1) is 0 Å². The standard InChI is InChI=1S/C20H19NOS2/c1-3-9-15-10-5-6-11-16(15)20(22,14-4-2)24-19-21-17-12-7-8-13-18(17)23-19/h3-8,10-13,22H,1-2,9,14H2. The number of aliphatic hydroxyl groups is 1. The summed E-state index contributed by atoms with van der Waals surface area (Å²) in [5, 5.41) is 11.4. The number of benzene rings is 2. The fourth-order valence-electron chi connectivity index (χ4n) is 2.68. The first-order valence-corrected chi connectivity index (χ1v) is 9.37. The van der Waals surface area contributed by atoms with Gasteiger partial charge in [0.15, 0.2) is 4.34 Å². The van der Waals surface area contributed by atoms with E-state index in [9.17, 15) is 5.11 Å². The lowest BCUT2D eigenvalue weighted by Crippen LogP contribution is -2.22. The van der Waals surface area contributed by atoms with Crippen LogP contribution in [-0.2, 0) is 11.4 Å². The van der Waals surface area contributed by atoms with E-state index in [0.717, 1.165) is 32.1 Å². The molecule has 3 rings (SSSR count). The third-order valence-electron chi connectivity index (χ3n) is 3.75. The van der Waals surface area contributed by atoms with Gasteiger partial charge in [-0.25, -0.2) is 4.98 Å². The molecule has 4 heteroatoms. The summed E-state index contributed by atoms with van der Waals surface area (Å²) in [6.45, 7) is 7.64. The zero-order valence-electron chi connectivity index (χ0n) is 13.3. The lowest BCUT2D eigenvalue weighted by molar-refractivity contribution is 0.140. The zero-order valence-corrected chi connectivity index (χ0v) is 14.9. The molecular weight excluding hydrogens is 334 g/mol. The van der Waals surface area contributed by atoms with Crippen molar-refractivity contribution < 1.29 is 5.11 Å². The van der Waals surface area contributed by atoms with Crippen LogP contribution in [0.2, 0.25) is 0 Å². The lowest BCUT2D eigenvalue weighted by Gasteiger charge is -2.28. The van der Waals surface area contributed by atoms with Crippen LogP contribution in [0.3, 0.4) is 0 Å². The molecule has 24 heavy (non-hydrogen) atoms. The van der Waals surface area contributed by atoms with Crippen LogP contribution >= 0.6 is 23.1 Å². The number of aromatic nitrogens is 1. The maximum absolute atomic E-state index is 11.4. The first kappa shape index (κ1) is 17.0. The molecule has 0 aliphatic rings. The minimum Gasteiger partial charge on any atom is -0.374 e. The Hall–Kier alpha value is -1.88. The molecule has 3 aromatic rings. The van der Waals surface area contributed by atoms with Crippen molar-refractivity contribution in [1.82, 2.24) is 4.98 Å². The Morgan fingerprint density at radius 1 is 1.08 bits per heavy atom. The van der Waals surface area contributed by atoms with Crippen molar-refractivity contribution in [3.05, 3.63) is 85.0 Å². The van der Waals surface area contributed by atoms with Gasteiger partial charge >= 0.3 is 0 Å². The second-order valence-electron chi connectivity index (χ2n) is 5.48. The van der Waals surface area contributed by atoms with E-state index in [1.807, 2.05) is 48.5 Å². The van der Waals surface area contributed by atoms with Gasteiger partial charge in [-0.15, -0.1) is 24.5 Å². The van der Waals surface area contributed by atoms with Crippen LogP contribution in [0.1, 0.15) is 17.5 Å². The smallest absolute Gasteiger partial charge is 0.154 e. The number of rotatable bonds is 7. The number of hydrogen-bond donors (Lipinski definition) is 1. The highest BCUT2D eigenvalue weighted by Crippen LogP contribution is 2.45. The molecule has 0 amide bonds. The highest BCUT2D eigenvalue weighted by atomic mass is 32.2. The second kappa shape index (κ2) is 7.34. The first-order chi connectivity index (χ1) is 11.7. The van der Waals surface area contributed by atoms with E-state index in [-0.39, 0.29) is 0 Å². The average molecular weight is 354 g/mol. The van der Waals surface area contributed by atoms with Crippen LogP contribution < -0.4 is 0 Å². The third kappa shape index (κ3) is 3.46. The van der Waals surface area contributed by atoms with Crippen molar-refractivity contribution in [2.75, 3.05) is 0 Å². The summed E-state index contributed by atoms with van der Waals surface area (Å²) < 4.78 is 1.98. The summed E-state index contributed by atoms with van der Waals surface area (Å²) in [5.74, 6) is 0. The van der Waals surface area contributed by atoms with E-state index in [4.69, 9.17) is 0 Å². The molecule has 0 saturated heterocycles. The van der Waals surface area contributed by atoms with Gasteiger partial charge in [0.25, 0.3) is 0 Å². The number of para-hydroxylation sites is 1. The van der Waals surface area contributed by atoms with Gasteiger partial charge in [0.2, 0.25) is 0 Å². The Morgan fingerprint density at radius 3 is 2.58 bits per heavy atom. The molecule has 0 spiro atoms. The van der Waals surface area contributed by atoms with Gasteiger partial charge in [-0.05, 0) is 29.7 Å². The Kier molecular flexibility index (Phi) is 5.19. The van der Waals surface area contributed by atoms with Crippen molar-refractivity contribution in [1.29, 1.82) is 0 Å². The number of thiazole rings is 1. The topological polar surface area (TPSA) is 33.1 Å². The number of nitrogens with zero attached hydrogens (tertiary/aromatic N) is 1. The maximum Gasteiger partial charge on any atom is 0.154 e. The molecule has 1 N–H and O–H groups in total. The van der Waals surface area contributed by atoms with Gasteiger partial charge in [-0.2, -0.15) is 0 Å². The van der Waals surface area contributed by atoms with E-state index >= 15 is 0 Å². The lowest BCUT2D eigenvalue weighted by atomic mass is 9.97. The fourth-order valence-corrected chi connectivity index (χ4v) is 5.17. The van der Waals surface area contributed by atoms with Crippen LogP contribution in [0.25, 0.3) is 10.2 Å². The molecule has 1 atom stereocenters. The summed E-state index contributed by atoms with van der Waals surface area (Å²) >= 11 is 2.99. The van der Waals surface area contributed by atoms with Gasteiger partial charge in [-0.3, -0.25) is 0 Å². The van der Waals surface area contributed by atoms with E-state index in [0.29, 0.717) is 6.42 Å². The summed E-state index contributed by atoms with van der Waals surface area (Å²) in [6.07, 6.45) is 4.78. The van der Waals surface area contributed by atoms with E-state index < -0.39 is 4.93 Å². The maximum atomic E-state index is 11.4. The van der Waals surface area contributed by atoms with E-state index in [1.165, 1.54) is 11.8 Å². The molecule has 122 valence electrons. The Morgan fingerprint density at radius 2 is 1.83 bits per heavy atom. The van der Waals surface area contributed by atoms with Crippen molar-refractivity contribution in [2.24, 2.45) is 0 Å². The van der Waals surface area contributed by atoms with Crippen LogP contribution in [0.4, 0.5) is 0 Å². The molecule has 1 heterocycles. The Balaban J connectivity index is 2.01. The van der Waals surface area contributed by atoms with Crippen molar-refractivity contribution >= 4 is 33.3 Å². The average Bonchev–Trinajstić information content (AvgIpc) is 2.97. The van der Waals surface area contributed by atoms with Crippen molar-refractivity contribution in [2.45, 2.75) is 22.1 Å². The fraction of sp³-hybridized carbons (Fsp3) is 0.150. The molecule has 0 aliphatic heterocycles. The second-order valence-corrected chi connectivity index (χ2v) is 8.03. The highest BCUT2D eigenvalue weighted by Gasteiger charge is 2.32. The van der Waals surface area contributed by atoms with Crippen molar-refractivity contribution in [3.8, 4) is 0 Å². The van der Waals surface area contributed by atoms with Gasteiger partial charge in [0.05, 0.1) is 10.2 Å². The minimum atomic E-state index is -1.09. The summed E-state index contributed by atoms with van der Waals surface area (Å²) in [5.41, 5.74) is 2.94.